The molecule has 0 fully saturated rings. The van der Waals surface area contributed by atoms with Crippen LogP contribution in [0.3, 0.4) is 0 Å². The summed E-state index contributed by atoms with van der Waals surface area (Å²) in [6.07, 6.45) is 9.56. The van der Waals surface area contributed by atoms with Crippen LogP contribution in [0.15, 0.2) is 18.2 Å². The number of hydrogen-bond acceptors (Lipinski definition) is 1. The van der Waals surface area contributed by atoms with Crippen molar-refractivity contribution in [2.45, 2.75) is 57.8 Å². The summed E-state index contributed by atoms with van der Waals surface area (Å²) in [6.45, 7) is 3.33. The molecule has 1 N–H and O–H groups in total. The van der Waals surface area contributed by atoms with E-state index in [0.29, 0.717) is 5.92 Å². The monoisotopic (exact) mass is 265 g/mol. The number of nitrogens with one attached hydrogen (secondary N) is 1. The van der Waals surface area contributed by atoms with Gasteiger partial charge in [-0.1, -0.05) is 69.2 Å². The first-order valence-corrected chi connectivity index (χ1v) is 7.73. The maximum absolute atomic E-state index is 6.19. The summed E-state index contributed by atoms with van der Waals surface area (Å²) < 4.78 is 0. The third kappa shape index (κ3) is 3.41. The number of benzene rings is 1. The van der Waals surface area contributed by atoms with Gasteiger partial charge in [0, 0.05) is 12.5 Å². The molecule has 2 rings (SSSR count). The van der Waals surface area contributed by atoms with E-state index in [1.807, 2.05) is 6.07 Å². The molecule has 1 aromatic rings. The Kier molecular flexibility index (Phi) is 5.37. The van der Waals surface area contributed by atoms with Crippen LogP contribution in [0, 0.1) is 0 Å². The first-order chi connectivity index (χ1) is 8.83. The second-order valence-corrected chi connectivity index (χ2v) is 5.75. The fourth-order valence-corrected chi connectivity index (χ4v) is 3.08. The van der Waals surface area contributed by atoms with Crippen molar-refractivity contribution in [3.05, 3.63) is 28.8 Å². The molecule has 0 bridgehead atoms. The Balaban J connectivity index is 1.75. The smallest absolute Gasteiger partial charge is 0.0640 e. The van der Waals surface area contributed by atoms with Crippen LogP contribution in [0.1, 0.15) is 63.4 Å². The number of rotatable bonds is 7. The van der Waals surface area contributed by atoms with Gasteiger partial charge in [0.05, 0.1) is 10.7 Å². The maximum Gasteiger partial charge on any atom is 0.0640 e. The number of para-hydroxylation sites is 1. The molecule has 0 radical (unpaired) electrons. The van der Waals surface area contributed by atoms with Crippen LogP contribution >= 0.6 is 11.6 Å². The lowest BCUT2D eigenvalue weighted by molar-refractivity contribution is 0.556. The van der Waals surface area contributed by atoms with Crippen LogP contribution in [0.25, 0.3) is 0 Å². The Hall–Kier alpha value is -0.690. The molecule has 1 aliphatic rings. The van der Waals surface area contributed by atoms with Crippen LogP contribution in [-0.4, -0.2) is 6.54 Å². The van der Waals surface area contributed by atoms with E-state index < -0.39 is 0 Å². The molecule has 1 nitrogen and oxygen atoms in total. The van der Waals surface area contributed by atoms with Crippen molar-refractivity contribution in [2.24, 2.45) is 0 Å². The molecule has 1 heterocycles. The SMILES string of the molecule is CCCCCCCCC1CNc2c(Cl)cccc21. The lowest BCUT2D eigenvalue weighted by Gasteiger charge is -2.10. The molecule has 1 unspecified atom stereocenters. The molecular formula is C16H24ClN. The molecular weight excluding hydrogens is 242 g/mol. The molecule has 1 atom stereocenters. The van der Waals surface area contributed by atoms with Gasteiger partial charge in [-0.25, -0.2) is 0 Å². The van der Waals surface area contributed by atoms with Crippen LogP contribution in [-0.2, 0) is 0 Å². The summed E-state index contributed by atoms with van der Waals surface area (Å²) in [4.78, 5) is 0. The van der Waals surface area contributed by atoms with E-state index in [0.717, 1.165) is 11.6 Å². The predicted molar refractivity (Wildman–Crippen MR) is 80.7 cm³/mol. The van der Waals surface area contributed by atoms with E-state index in [1.54, 1.807) is 0 Å². The predicted octanol–water partition coefficient (Wildman–Crippen LogP) is 5.60. The van der Waals surface area contributed by atoms with E-state index in [2.05, 4.69) is 24.4 Å². The Labute approximate surface area is 116 Å². The number of hydrogen-bond donors (Lipinski definition) is 1. The van der Waals surface area contributed by atoms with Crippen molar-refractivity contribution in [3.63, 3.8) is 0 Å². The van der Waals surface area contributed by atoms with E-state index in [1.165, 1.54) is 56.2 Å². The standard InChI is InChI=1S/C16H24ClN/c1-2-3-4-5-6-7-9-13-12-18-16-14(13)10-8-11-15(16)17/h8,10-11,13,18H,2-7,9,12H2,1H3. The van der Waals surface area contributed by atoms with Crippen molar-refractivity contribution >= 4 is 17.3 Å². The summed E-state index contributed by atoms with van der Waals surface area (Å²) in [5.74, 6) is 0.671. The molecule has 18 heavy (non-hydrogen) atoms. The van der Waals surface area contributed by atoms with Gasteiger partial charge in [0.15, 0.2) is 0 Å². The van der Waals surface area contributed by atoms with Gasteiger partial charge in [-0.2, -0.15) is 0 Å². The molecule has 0 spiro atoms. The summed E-state index contributed by atoms with van der Waals surface area (Å²) in [5.41, 5.74) is 2.60. The average molecular weight is 266 g/mol. The summed E-state index contributed by atoms with van der Waals surface area (Å²) in [7, 11) is 0. The average Bonchev–Trinajstić information content (AvgIpc) is 2.79. The van der Waals surface area contributed by atoms with E-state index >= 15 is 0 Å². The fraction of sp³-hybridized carbons (Fsp3) is 0.625. The van der Waals surface area contributed by atoms with Crippen molar-refractivity contribution in [1.29, 1.82) is 0 Å². The van der Waals surface area contributed by atoms with Crippen LogP contribution < -0.4 is 5.32 Å². The van der Waals surface area contributed by atoms with Gasteiger partial charge in [-0.05, 0) is 18.1 Å². The molecule has 2 heteroatoms. The van der Waals surface area contributed by atoms with Crippen molar-refractivity contribution in [3.8, 4) is 0 Å². The third-order valence-electron chi connectivity index (χ3n) is 3.92. The Morgan fingerprint density at radius 3 is 2.78 bits per heavy atom. The van der Waals surface area contributed by atoms with Gasteiger partial charge in [-0.3, -0.25) is 0 Å². The topological polar surface area (TPSA) is 12.0 Å². The molecule has 0 saturated carbocycles. The minimum absolute atomic E-state index is 0.671. The molecule has 0 amide bonds. The zero-order valence-corrected chi connectivity index (χ0v) is 12.1. The number of fused-ring (bicyclic) bond motifs is 1. The molecule has 0 aliphatic carbocycles. The van der Waals surface area contributed by atoms with E-state index in [-0.39, 0.29) is 0 Å². The van der Waals surface area contributed by atoms with Crippen LogP contribution in [0.2, 0.25) is 5.02 Å². The minimum Gasteiger partial charge on any atom is -0.383 e. The highest BCUT2D eigenvalue weighted by Crippen LogP contribution is 2.39. The largest absolute Gasteiger partial charge is 0.383 e. The lowest BCUT2D eigenvalue weighted by atomic mass is 9.95. The Morgan fingerprint density at radius 1 is 1.17 bits per heavy atom. The fourth-order valence-electron chi connectivity index (χ4n) is 2.83. The number of unbranched alkanes of at least 4 members (excludes halogenated alkanes) is 5. The highest BCUT2D eigenvalue weighted by molar-refractivity contribution is 6.33. The zero-order chi connectivity index (χ0) is 12.8. The summed E-state index contributed by atoms with van der Waals surface area (Å²) in [6, 6.07) is 6.27. The van der Waals surface area contributed by atoms with Gasteiger partial charge in [0.2, 0.25) is 0 Å². The first kappa shape index (κ1) is 13.7. The minimum atomic E-state index is 0.671. The van der Waals surface area contributed by atoms with Gasteiger partial charge in [-0.15, -0.1) is 0 Å². The van der Waals surface area contributed by atoms with Gasteiger partial charge in [0.25, 0.3) is 0 Å². The second kappa shape index (κ2) is 7.04. The van der Waals surface area contributed by atoms with Crippen molar-refractivity contribution in [2.75, 3.05) is 11.9 Å². The molecule has 0 saturated heterocycles. The molecule has 1 aromatic carbocycles. The zero-order valence-electron chi connectivity index (χ0n) is 11.3. The van der Waals surface area contributed by atoms with Crippen molar-refractivity contribution < 1.29 is 0 Å². The first-order valence-electron chi connectivity index (χ1n) is 7.35. The van der Waals surface area contributed by atoms with Gasteiger partial charge < -0.3 is 5.32 Å². The van der Waals surface area contributed by atoms with Crippen LogP contribution in [0.4, 0.5) is 5.69 Å². The quantitative estimate of drug-likeness (QED) is 0.633. The maximum atomic E-state index is 6.19. The van der Waals surface area contributed by atoms with Gasteiger partial charge in [0.1, 0.15) is 0 Å². The Bertz CT molecular complexity index is 375. The molecule has 1 aliphatic heterocycles. The number of anilines is 1. The lowest BCUT2D eigenvalue weighted by Crippen LogP contribution is -2.01. The van der Waals surface area contributed by atoms with E-state index in [9.17, 15) is 0 Å². The Morgan fingerprint density at radius 2 is 1.94 bits per heavy atom. The van der Waals surface area contributed by atoms with Crippen LogP contribution in [0.5, 0.6) is 0 Å². The van der Waals surface area contributed by atoms with E-state index in [4.69, 9.17) is 11.6 Å². The normalized spacial score (nSPS) is 17.6. The second-order valence-electron chi connectivity index (χ2n) is 5.34. The molecule has 100 valence electrons. The highest BCUT2D eigenvalue weighted by Gasteiger charge is 2.22. The van der Waals surface area contributed by atoms with Gasteiger partial charge >= 0.3 is 0 Å². The summed E-state index contributed by atoms with van der Waals surface area (Å²) >= 11 is 6.19. The number of halogens is 1. The van der Waals surface area contributed by atoms with Crippen molar-refractivity contribution in [1.82, 2.24) is 0 Å². The highest BCUT2D eigenvalue weighted by atomic mass is 35.5. The molecule has 0 aromatic heterocycles. The third-order valence-corrected chi connectivity index (χ3v) is 4.23. The summed E-state index contributed by atoms with van der Waals surface area (Å²) in [5, 5.41) is 4.32.